The third kappa shape index (κ3) is 5.52. The highest BCUT2D eigenvalue weighted by Gasteiger charge is 2.14. The normalized spacial score (nSPS) is 10.9. The van der Waals surface area contributed by atoms with Crippen molar-refractivity contribution in [2.45, 2.75) is 59.5 Å². The van der Waals surface area contributed by atoms with Crippen LogP contribution in [0.15, 0.2) is 36.4 Å². The van der Waals surface area contributed by atoms with Crippen LogP contribution in [-0.2, 0) is 6.54 Å². The molecule has 24 heavy (non-hydrogen) atoms. The molecule has 0 unspecified atom stereocenters. The first-order valence-electron chi connectivity index (χ1n) is 9.00. The van der Waals surface area contributed by atoms with Crippen molar-refractivity contribution in [1.82, 2.24) is 9.97 Å². The van der Waals surface area contributed by atoms with E-state index in [0.29, 0.717) is 6.04 Å². The molecule has 0 fully saturated rings. The molecule has 0 spiro atoms. The largest absolute Gasteiger partial charge is 0.370 e. The second kappa shape index (κ2) is 9.26. The lowest BCUT2D eigenvalue weighted by molar-refractivity contribution is 0.669. The first-order chi connectivity index (χ1) is 11.6. The number of nitrogens with zero attached hydrogens (tertiary/aromatic N) is 3. The van der Waals surface area contributed by atoms with Crippen LogP contribution in [0.5, 0.6) is 0 Å². The molecule has 2 aromatic rings. The summed E-state index contributed by atoms with van der Waals surface area (Å²) < 4.78 is 0. The van der Waals surface area contributed by atoms with Crippen LogP contribution >= 0.6 is 0 Å². The number of unbranched alkanes of at least 4 members (excludes halogenated alkanes) is 2. The second-order valence-electron chi connectivity index (χ2n) is 6.50. The van der Waals surface area contributed by atoms with E-state index >= 15 is 0 Å². The van der Waals surface area contributed by atoms with E-state index in [0.717, 1.165) is 30.5 Å². The molecule has 0 amide bonds. The zero-order valence-electron chi connectivity index (χ0n) is 15.4. The lowest BCUT2D eigenvalue weighted by Crippen LogP contribution is -2.31. The standard InChI is InChI=1S/C20H30N4/c1-5-6-10-13-21-19-14-20(23-17(4)22-19)24(16(2)3)15-18-11-8-7-9-12-18/h7-9,11-12,14,16H,5-6,10,13,15H2,1-4H3,(H,21,22,23). The number of aromatic nitrogens is 2. The zero-order chi connectivity index (χ0) is 17.4. The number of nitrogens with one attached hydrogen (secondary N) is 1. The molecule has 0 saturated carbocycles. The van der Waals surface area contributed by atoms with E-state index in [2.05, 4.69) is 77.4 Å². The van der Waals surface area contributed by atoms with Gasteiger partial charge >= 0.3 is 0 Å². The van der Waals surface area contributed by atoms with Crippen molar-refractivity contribution in [1.29, 1.82) is 0 Å². The van der Waals surface area contributed by atoms with Crippen LogP contribution in [0.25, 0.3) is 0 Å². The van der Waals surface area contributed by atoms with Gasteiger partial charge in [0.1, 0.15) is 17.5 Å². The fourth-order valence-electron chi connectivity index (χ4n) is 2.69. The number of aryl methyl sites for hydroxylation is 1. The predicted molar refractivity (Wildman–Crippen MR) is 103 cm³/mol. The van der Waals surface area contributed by atoms with Crippen LogP contribution in [0.3, 0.4) is 0 Å². The summed E-state index contributed by atoms with van der Waals surface area (Å²) in [7, 11) is 0. The fraction of sp³-hybridized carbons (Fsp3) is 0.500. The van der Waals surface area contributed by atoms with Gasteiger partial charge in [0, 0.05) is 25.2 Å². The van der Waals surface area contributed by atoms with Crippen molar-refractivity contribution in [2.75, 3.05) is 16.8 Å². The molecule has 1 aromatic heterocycles. The third-order valence-electron chi connectivity index (χ3n) is 4.02. The van der Waals surface area contributed by atoms with Crippen molar-refractivity contribution in [2.24, 2.45) is 0 Å². The maximum absolute atomic E-state index is 4.67. The van der Waals surface area contributed by atoms with Gasteiger partial charge in [-0.25, -0.2) is 9.97 Å². The number of benzene rings is 1. The maximum atomic E-state index is 4.67. The van der Waals surface area contributed by atoms with Crippen LogP contribution in [-0.4, -0.2) is 22.6 Å². The Hall–Kier alpha value is -2.10. The van der Waals surface area contributed by atoms with Gasteiger partial charge in [0.25, 0.3) is 0 Å². The molecule has 0 radical (unpaired) electrons. The van der Waals surface area contributed by atoms with Gasteiger partial charge in [0.2, 0.25) is 0 Å². The molecule has 0 atom stereocenters. The van der Waals surface area contributed by atoms with Crippen molar-refractivity contribution in [3.05, 3.63) is 47.8 Å². The van der Waals surface area contributed by atoms with E-state index in [1.807, 2.05) is 6.92 Å². The van der Waals surface area contributed by atoms with Gasteiger partial charge in [-0.1, -0.05) is 50.1 Å². The first kappa shape index (κ1) is 18.2. The fourth-order valence-corrected chi connectivity index (χ4v) is 2.69. The van der Waals surface area contributed by atoms with Crippen molar-refractivity contribution >= 4 is 11.6 Å². The van der Waals surface area contributed by atoms with Crippen molar-refractivity contribution < 1.29 is 0 Å². The van der Waals surface area contributed by atoms with Gasteiger partial charge in [-0.3, -0.25) is 0 Å². The molecular formula is C20H30N4. The maximum Gasteiger partial charge on any atom is 0.134 e. The minimum Gasteiger partial charge on any atom is -0.370 e. The van der Waals surface area contributed by atoms with Crippen molar-refractivity contribution in [3.63, 3.8) is 0 Å². The van der Waals surface area contributed by atoms with E-state index in [9.17, 15) is 0 Å². The summed E-state index contributed by atoms with van der Waals surface area (Å²) >= 11 is 0. The van der Waals surface area contributed by atoms with Crippen LogP contribution in [0, 0.1) is 6.92 Å². The number of hydrogen-bond donors (Lipinski definition) is 1. The van der Waals surface area contributed by atoms with Crippen LogP contribution in [0.1, 0.15) is 51.4 Å². The Balaban J connectivity index is 2.15. The second-order valence-corrected chi connectivity index (χ2v) is 6.50. The highest BCUT2D eigenvalue weighted by Crippen LogP contribution is 2.21. The Bertz CT molecular complexity index is 610. The van der Waals surface area contributed by atoms with Gasteiger partial charge in [-0.15, -0.1) is 0 Å². The molecule has 4 nitrogen and oxygen atoms in total. The lowest BCUT2D eigenvalue weighted by Gasteiger charge is -2.28. The van der Waals surface area contributed by atoms with Gasteiger partial charge in [-0.05, 0) is 32.8 Å². The molecule has 0 saturated heterocycles. The summed E-state index contributed by atoms with van der Waals surface area (Å²) in [5, 5.41) is 3.44. The third-order valence-corrected chi connectivity index (χ3v) is 4.02. The summed E-state index contributed by atoms with van der Waals surface area (Å²) in [5.41, 5.74) is 1.29. The number of hydrogen-bond acceptors (Lipinski definition) is 4. The quantitative estimate of drug-likeness (QED) is 0.672. The first-order valence-corrected chi connectivity index (χ1v) is 9.00. The Morgan fingerprint density at radius 1 is 1.08 bits per heavy atom. The van der Waals surface area contributed by atoms with E-state index in [1.54, 1.807) is 0 Å². The SMILES string of the molecule is CCCCCNc1cc(N(Cc2ccccc2)C(C)C)nc(C)n1. The Morgan fingerprint density at radius 3 is 2.50 bits per heavy atom. The summed E-state index contributed by atoms with van der Waals surface area (Å²) in [5.74, 6) is 2.72. The molecule has 0 bridgehead atoms. The number of anilines is 2. The average Bonchev–Trinajstić information content (AvgIpc) is 2.57. The predicted octanol–water partition coefficient (Wildman–Crippen LogP) is 4.80. The Labute approximate surface area is 146 Å². The minimum atomic E-state index is 0.368. The molecular weight excluding hydrogens is 296 g/mol. The van der Waals surface area contributed by atoms with Gasteiger partial charge < -0.3 is 10.2 Å². The van der Waals surface area contributed by atoms with Crippen LogP contribution < -0.4 is 10.2 Å². The smallest absolute Gasteiger partial charge is 0.134 e. The lowest BCUT2D eigenvalue weighted by atomic mass is 10.2. The molecule has 0 aliphatic carbocycles. The van der Waals surface area contributed by atoms with E-state index < -0.39 is 0 Å². The Morgan fingerprint density at radius 2 is 1.83 bits per heavy atom. The van der Waals surface area contributed by atoms with Crippen LogP contribution in [0.2, 0.25) is 0 Å². The van der Waals surface area contributed by atoms with Crippen LogP contribution in [0.4, 0.5) is 11.6 Å². The minimum absolute atomic E-state index is 0.368. The zero-order valence-corrected chi connectivity index (χ0v) is 15.4. The van der Waals surface area contributed by atoms with E-state index in [-0.39, 0.29) is 0 Å². The molecule has 1 aromatic carbocycles. The topological polar surface area (TPSA) is 41.0 Å². The summed E-state index contributed by atoms with van der Waals surface area (Å²) in [6, 6.07) is 13.0. The molecule has 0 aliphatic rings. The van der Waals surface area contributed by atoms with E-state index in [4.69, 9.17) is 0 Å². The number of rotatable bonds is 9. The van der Waals surface area contributed by atoms with E-state index in [1.165, 1.54) is 24.8 Å². The summed E-state index contributed by atoms with van der Waals surface area (Å²) in [4.78, 5) is 11.5. The van der Waals surface area contributed by atoms with Gasteiger partial charge in [0.05, 0.1) is 0 Å². The van der Waals surface area contributed by atoms with Gasteiger partial charge in [0.15, 0.2) is 0 Å². The monoisotopic (exact) mass is 326 g/mol. The molecule has 2 rings (SSSR count). The summed E-state index contributed by atoms with van der Waals surface area (Å²) in [6.07, 6.45) is 3.65. The molecule has 0 aliphatic heterocycles. The average molecular weight is 326 g/mol. The van der Waals surface area contributed by atoms with Gasteiger partial charge in [-0.2, -0.15) is 0 Å². The highest BCUT2D eigenvalue weighted by atomic mass is 15.2. The molecule has 4 heteroatoms. The Kier molecular flexibility index (Phi) is 7.04. The molecule has 1 heterocycles. The van der Waals surface area contributed by atoms with Crippen molar-refractivity contribution in [3.8, 4) is 0 Å². The molecule has 1 N–H and O–H groups in total. The molecule has 130 valence electrons. The summed E-state index contributed by atoms with van der Waals surface area (Å²) in [6.45, 7) is 10.4. The highest BCUT2D eigenvalue weighted by molar-refractivity contribution is 5.50.